The van der Waals surface area contributed by atoms with Crippen molar-refractivity contribution in [1.82, 2.24) is 0 Å². The van der Waals surface area contributed by atoms with Crippen LogP contribution in [0.1, 0.15) is 23.1 Å². The van der Waals surface area contributed by atoms with Crippen LogP contribution < -0.4 is 5.73 Å². The first-order chi connectivity index (χ1) is 12.8. The van der Waals surface area contributed by atoms with Crippen LogP contribution in [0.25, 0.3) is 16.7 Å². The number of benzene rings is 3. The largest absolute Gasteiger partial charge is 0.398 e. The maximum absolute atomic E-state index is 6.76. The Morgan fingerprint density at radius 2 is 1.00 bits per heavy atom. The monoisotopic (exact) mass is 335 g/mol. The molecule has 1 heteroatoms. The Balaban J connectivity index is 2.01. The van der Waals surface area contributed by atoms with E-state index in [9.17, 15) is 0 Å². The molecule has 0 fully saturated rings. The number of nitrogens with two attached hydrogens (primary N) is 1. The predicted molar refractivity (Wildman–Crippen MR) is 111 cm³/mol. The zero-order valence-corrected chi connectivity index (χ0v) is 14.7. The normalized spacial score (nSPS) is 14.7. The summed E-state index contributed by atoms with van der Waals surface area (Å²) in [6.07, 6.45) is 0.760. The molecule has 1 aliphatic carbocycles. The van der Waals surface area contributed by atoms with Gasteiger partial charge in [-0.1, -0.05) is 97.6 Å². The lowest BCUT2D eigenvalue weighted by Crippen LogP contribution is -2.13. The third-order valence-electron chi connectivity index (χ3n) is 4.84. The molecule has 126 valence electrons. The average Bonchev–Trinajstić information content (AvgIpc) is 2.71. The molecule has 0 unspecified atom stereocenters. The van der Waals surface area contributed by atoms with Gasteiger partial charge in [-0.15, -0.1) is 0 Å². The van der Waals surface area contributed by atoms with E-state index in [1.54, 1.807) is 0 Å². The first kappa shape index (κ1) is 16.2. The van der Waals surface area contributed by atoms with Crippen molar-refractivity contribution in [2.24, 2.45) is 5.73 Å². The van der Waals surface area contributed by atoms with Crippen LogP contribution >= 0.6 is 0 Å². The second-order valence-electron chi connectivity index (χ2n) is 6.52. The molecule has 0 radical (unpaired) electrons. The standard InChI is InChI=1S/C25H21N/c1-18-17-22(19-11-5-2-6-12-19)25(26)24(21-15-9-4-10-16-21)23(18)20-13-7-3-8-14-20/h2-16H,1,17,26H2. The second kappa shape index (κ2) is 6.89. The Hall–Kier alpha value is -3.32. The van der Waals surface area contributed by atoms with Crippen molar-refractivity contribution in [2.75, 3.05) is 0 Å². The first-order valence-corrected chi connectivity index (χ1v) is 8.83. The quantitative estimate of drug-likeness (QED) is 0.631. The Bertz CT molecular complexity index is 994. The van der Waals surface area contributed by atoms with Gasteiger partial charge in [-0.2, -0.15) is 0 Å². The molecule has 4 rings (SSSR count). The summed E-state index contributed by atoms with van der Waals surface area (Å²) in [6, 6.07) is 31.2. The SMILES string of the molecule is C=C1CC(c2ccccc2)=C(N)C(c2ccccc2)=C1c1ccccc1. The van der Waals surface area contributed by atoms with Crippen molar-refractivity contribution in [3.05, 3.63) is 126 Å². The summed E-state index contributed by atoms with van der Waals surface area (Å²) >= 11 is 0. The molecule has 0 saturated carbocycles. The van der Waals surface area contributed by atoms with Crippen molar-refractivity contribution in [3.8, 4) is 0 Å². The Labute approximate surface area is 154 Å². The van der Waals surface area contributed by atoms with Gasteiger partial charge in [0.2, 0.25) is 0 Å². The zero-order chi connectivity index (χ0) is 17.9. The molecule has 0 spiro atoms. The van der Waals surface area contributed by atoms with E-state index in [0.717, 1.165) is 51.1 Å². The van der Waals surface area contributed by atoms with Gasteiger partial charge in [0.15, 0.2) is 0 Å². The summed E-state index contributed by atoms with van der Waals surface area (Å²) in [7, 11) is 0. The van der Waals surface area contributed by atoms with Crippen LogP contribution in [0.2, 0.25) is 0 Å². The summed E-state index contributed by atoms with van der Waals surface area (Å²) in [5.74, 6) is 0. The van der Waals surface area contributed by atoms with E-state index in [0.29, 0.717) is 0 Å². The van der Waals surface area contributed by atoms with Crippen molar-refractivity contribution in [2.45, 2.75) is 6.42 Å². The van der Waals surface area contributed by atoms with Crippen LogP contribution in [-0.2, 0) is 0 Å². The van der Waals surface area contributed by atoms with Gasteiger partial charge in [-0.05, 0) is 33.4 Å². The smallest absolute Gasteiger partial charge is 0.0442 e. The lowest BCUT2D eigenvalue weighted by Gasteiger charge is -2.27. The third kappa shape index (κ3) is 2.89. The fourth-order valence-electron chi connectivity index (χ4n) is 3.61. The van der Waals surface area contributed by atoms with Crippen molar-refractivity contribution >= 4 is 16.7 Å². The summed E-state index contributed by atoms with van der Waals surface area (Å²) in [4.78, 5) is 0. The van der Waals surface area contributed by atoms with Crippen molar-refractivity contribution < 1.29 is 0 Å². The highest BCUT2D eigenvalue weighted by Crippen LogP contribution is 2.44. The van der Waals surface area contributed by atoms with Gasteiger partial charge in [0.1, 0.15) is 0 Å². The lowest BCUT2D eigenvalue weighted by molar-refractivity contribution is 1.23. The maximum atomic E-state index is 6.76. The van der Waals surface area contributed by atoms with Crippen LogP contribution in [0.5, 0.6) is 0 Å². The van der Waals surface area contributed by atoms with Crippen molar-refractivity contribution in [3.63, 3.8) is 0 Å². The van der Waals surface area contributed by atoms with Crippen LogP contribution in [0.3, 0.4) is 0 Å². The molecule has 3 aromatic rings. The fraction of sp³-hybridized carbons (Fsp3) is 0.0400. The number of hydrogen-bond donors (Lipinski definition) is 1. The van der Waals surface area contributed by atoms with Gasteiger partial charge in [-0.25, -0.2) is 0 Å². The molecule has 0 atom stereocenters. The summed E-state index contributed by atoms with van der Waals surface area (Å²) in [6.45, 7) is 4.41. The van der Waals surface area contributed by atoms with Gasteiger partial charge in [0, 0.05) is 17.7 Å². The summed E-state index contributed by atoms with van der Waals surface area (Å²) < 4.78 is 0. The Morgan fingerprint density at radius 3 is 1.50 bits per heavy atom. The molecule has 1 nitrogen and oxygen atoms in total. The molecule has 26 heavy (non-hydrogen) atoms. The van der Waals surface area contributed by atoms with Gasteiger partial charge in [0.05, 0.1) is 0 Å². The highest BCUT2D eigenvalue weighted by molar-refractivity contribution is 6.10. The molecule has 0 bridgehead atoms. The van der Waals surface area contributed by atoms with Crippen LogP contribution in [0.4, 0.5) is 0 Å². The van der Waals surface area contributed by atoms with Gasteiger partial charge in [0.25, 0.3) is 0 Å². The molecular formula is C25H21N. The third-order valence-corrected chi connectivity index (χ3v) is 4.84. The van der Waals surface area contributed by atoms with E-state index in [2.05, 4.69) is 79.4 Å². The van der Waals surface area contributed by atoms with E-state index in [4.69, 9.17) is 5.73 Å². The van der Waals surface area contributed by atoms with Gasteiger partial charge in [-0.3, -0.25) is 0 Å². The number of hydrogen-bond acceptors (Lipinski definition) is 1. The molecule has 0 heterocycles. The minimum atomic E-state index is 0.760. The molecule has 2 N–H and O–H groups in total. The van der Waals surface area contributed by atoms with Crippen molar-refractivity contribution in [1.29, 1.82) is 0 Å². The minimum Gasteiger partial charge on any atom is -0.398 e. The second-order valence-corrected chi connectivity index (χ2v) is 6.52. The van der Waals surface area contributed by atoms with E-state index in [-0.39, 0.29) is 0 Å². The average molecular weight is 335 g/mol. The molecule has 3 aromatic carbocycles. The zero-order valence-electron chi connectivity index (χ0n) is 14.7. The van der Waals surface area contributed by atoms with E-state index < -0.39 is 0 Å². The van der Waals surface area contributed by atoms with E-state index in [1.807, 2.05) is 18.2 Å². The van der Waals surface area contributed by atoms with Crippen LogP contribution in [0.15, 0.2) is 109 Å². The van der Waals surface area contributed by atoms with Crippen LogP contribution in [0, 0.1) is 0 Å². The van der Waals surface area contributed by atoms with Gasteiger partial charge >= 0.3 is 0 Å². The van der Waals surface area contributed by atoms with Gasteiger partial charge < -0.3 is 5.73 Å². The van der Waals surface area contributed by atoms with Crippen LogP contribution in [-0.4, -0.2) is 0 Å². The van der Waals surface area contributed by atoms with E-state index in [1.165, 1.54) is 0 Å². The molecule has 0 amide bonds. The summed E-state index contributed by atoms with van der Waals surface area (Å²) in [5.41, 5.74) is 15.5. The van der Waals surface area contributed by atoms with E-state index >= 15 is 0 Å². The maximum Gasteiger partial charge on any atom is 0.0442 e. The first-order valence-electron chi connectivity index (χ1n) is 8.83. The molecule has 0 aromatic heterocycles. The number of rotatable bonds is 3. The predicted octanol–water partition coefficient (Wildman–Crippen LogP) is 5.93. The minimum absolute atomic E-state index is 0.760. The summed E-state index contributed by atoms with van der Waals surface area (Å²) in [5, 5.41) is 0. The Morgan fingerprint density at radius 1 is 0.577 bits per heavy atom. The molecule has 0 saturated heterocycles. The molecule has 1 aliphatic rings. The fourth-order valence-corrected chi connectivity index (χ4v) is 3.61. The lowest BCUT2D eigenvalue weighted by atomic mass is 9.78. The number of allylic oxidation sites excluding steroid dienone is 4. The molecular weight excluding hydrogens is 314 g/mol. The molecule has 0 aliphatic heterocycles. The topological polar surface area (TPSA) is 26.0 Å². The Kier molecular flexibility index (Phi) is 4.28. The highest BCUT2D eigenvalue weighted by Gasteiger charge is 2.25. The highest BCUT2D eigenvalue weighted by atomic mass is 14.6.